The SMILES string of the molecule is CCc1cccc(C)c1NC(=O)CC(=O)Nc1cc(Cl)cc(Cl)c1. The van der Waals surface area contributed by atoms with Crippen molar-refractivity contribution >= 4 is 46.4 Å². The van der Waals surface area contributed by atoms with Crippen LogP contribution in [0.5, 0.6) is 0 Å². The molecule has 4 nitrogen and oxygen atoms in total. The first kappa shape index (κ1) is 18.3. The number of hydrogen-bond acceptors (Lipinski definition) is 2. The molecule has 126 valence electrons. The van der Waals surface area contributed by atoms with Crippen molar-refractivity contribution in [1.82, 2.24) is 0 Å². The molecule has 0 heterocycles. The van der Waals surface area contributed by atoms with E-state index < -0.39 is 5.91 Å². The Bertz CT molecular complexity index is 755. The van der Waals surface area contributed by atoms with E-state index in [4.69, 9.17) is 23.2 Å². The quantitative estimate of drug-likeness (QED) is 0.746. The Morgan fingerprint density at radius 1 is 1.00 bits per heavy atom. The van der Waals surface area contributed by atoms with Crippen molar-refractivity contribution in [2.75, 3.05) is 10.6 Å². The van der Waals surface area contributed by atoms with Crippen LogP contribution >= 0.6 is 23.2 Å². The minimum Gasteiger partial charge on any atom is -0.326 e. The molecule has 0 aliphatic heterocycles. The van der Waals surface area contributed by atoms with E-state index >= 15 is 0 Å². The van der Waals surface area contributed by atoms with Gasteiger partial charge in [-0.2, -0.15) is 0 Å². The second kappa shape index (κ2) is 8.18. The molecule has 0 saturated heterocycles. The van der Waals surface area contributed by atoms with Crippen LogP contribution in [0.1, 0.15) is 24.5 Å². The number of hydrogen-bond donors (Lipinski definition) is 2. The number of nitrogens with one attached hydrogen (secondary N) is 2. The molecule has 0 bridgehead atoms. The van der Waals surface area contributed by atoms with Gasteiger partial charge in [-0.3, -0.25) is 9.59 Å². The Hall–Kier alpha value is -2.04. The number of para-hydroxylation sites is 1. The van der Waals surface area contributed by atoms with E-state index in [-0.39, 0.29) is 12.3 Å². The van der Waals surface area contributed by atoms with Crippen LogP contribution in [-0.2, 0) is 16.0 Å². The van der Waals surface area contributed by atoms with Gasteiger partial charge in [0.2, 0.25) is 11.8 Å². The standard InChI is InChI=1S/C18H18Cl2N2O2/c1-3-12-6-4-5-11(2)18(12)22-17(24)10-16(23)21-15-8-13(19)7-14(20)9-15/h4-9H,3,10H2,1-2H3,(H,21,23)(H,22,24). The van der Waals surface area contributed by atoms with E-state index in [2.05, 4.69) is 10.6 Å². The van der Waals surface area contributed by atoms with E-state index in [0.717, 1.165) is 23.2 Å². The van der Waals surface area contributed by atoms with Gasteiger partial charge in [-0.25, -0.2) is 0 Å². The van der Waals surface area contributed by atoms with Gasteiger partial charge in [0, 0.05) is 21.4 Å². The van der Waals surface area contributed by atoms with Crippen LogP contribution in [0, 0.1) is 6.92 Å². The Labute approximate surface area is 151 Å². The predicted molar refractivity (Wildman–Crippen MR) is 98.9 cm³/mol. The molecule has 24 heavy (non-hydrogen) atoms. The molecule has 0 radical (unpaired) electrons. The van der Waals surface area contributed by atoms with Crippen LogP contribution in [0.25, 0.3) is 0 Å². The average molecular weight is 365 g/mol. The third-order valence-electron chi connectivity index (χ3n) is 3.47. The molecule has 0 saturated carbocycles. The Morgan fingerprint density at radius 3 is 2.25 bits per heavy atom. The summed E-state index contributed by atoms with van der Waals surface area (Å²) in [6, 6.07) is 10.5. The number of halogens is 2. The van der Waals surface area contributed by atoms with Gasteiger partial charge in [-0.1, -0.05) is 48.3 Å². The maximum absolute atomic E-state index is 12.1. The van der Waals surface area contributed by atoms with Crippen LogP contribution in [0.15, 0.2) is 36.4 Å². The molecule has 2 amide bonds. The molecule has 0 spiro atoms. The molecular weight excluding hydrogens is 347 g/mol. The highest BCUT2D eigenvalue weighted by molar-refractivity contribution is 6.35. The largest absolute Gasteiger partial charge is 0.326 e. The zero-order chi connectivity index (χ0) is 17.7. The number of carbonyl (C=O) groups is 2. The maximum atomic E-state index is 12.1. The molecule has 0 fully saturated rings. The van der Waals surface area contributed by atoms with Crippen molar-refractivity contribution in [3.63, 3.8) is 0 Å². The third kappa shape index (κ3) is 4.98. The molecule has 0 aliphatic rings. The smallest absolute Gasteiger partial charge is 0.233 e. The van der Waals surface area contributed by atoms with Crippen LogP contribution in [0.3, 0.4) is 0 Å². The van der Waals surface area contributed by atoms with Gasteiger partial charge in [0.25, 0.3) is 0 Å². The van der Waals surface area contributed by atoms with Crippen LogP contribution in [0.2, 0.25) is 10.0 Å². The number of benzene rings is 2. The second-order valence-electron chi connectivity index (χ2n) is 5.39. The minimum absolute atomic E-state index is 0.290. The summed E-state index contributed by atoms with van der Waals surface area (Å²) in [5.41, 5.74) is 3.22. The van der Waals surface area contributed by atoms with Crippen molar-refractivity contribution in [1.29, 1.82) is 0 Å². The summed E-state index contributed by atoms with van der Waals surface area (Å²) in [5, 5.41) is 6.26. The lowest BCUT2D eigenvalue weighted by molar-refractivity contribution is -0.123. The zero-order valence-electron chi connectivity index (χ0n) is 13.5. The highest BCUT2D eigenvalue weighted by Crippen LogP contribution is 2.23. The number of anilines is 2. The van der Waals surface area contributed by atoms with Gasteiger partial charge in [0.15, 0.2) is 0 Å². The fourth-order valence-corrected chi connectivity index (χ4v) is 2.89. The molecule has 0 unspecified atom stereocenters. The van der Waals surface area contributed by atoms with Crippen molar-refractivity contribution in [2.45, 2.75) is 26.7 Å². The van der Waals surface area contributed by atoms with Gasteiger partial charge in [0.1, 0.15) is 6.42 Å². The normalized spacial score (nSPS) is 10.3. The predicted octanol–water partition coefficient (Wildman–Crippen LogP) is 4.83. The van der Waals surface area contributed by atoms with Gasteiger partial charge in [-0.05, 0) is 42.7 Å². The summed E-state index contributed by atoms with van der Waals surface area (Å²) in [6.07, 6.45) is 0.506. The van der Waals surface area contributed by atoms with Crippen LogP contribution in [-0.4, -0.2) is 11.8 Å². The van der Waals surface area contributed by atoms with Crippen molar-refractivity contribution in [3.8, 4) is 0 Å². The fraction of sp³-hybridized carbons (Fsp3) is 0.222. The first-order valence-corrected chi connectivity index (χ1v) is 8.29. The Morgan fingerprint density at radius 2 is 1.62 bits per heavy atom. The molecular formula is C18H18Cl2N2O2. The van der Waals surface area contributed by atoms with Crippen molar-refractivity contribution in [3.05, 3.63) is 57.6 Å². The van der Waals surface area contributed by atoms with E-state index in [1.165, 1.54) is 0 Å². The number of aryl methyl sites for hydroxylation is 2. The van der Waals surface area contributed by atoms with Crippen molar-refractivity contribution < 1.29 is 9.59 Å². The molecule has 2 aromatic rings. The molecule has 2 aromatic carbocycles. The second-order valence-corrected chi connectivity index (χ2v) is 6.27. The Kier molecular flexibility index (Phi) is 6.23. The van der Waals surface area contributed by atoms with Crippen LogP contribution < -0.4 is 10.6 Å². The summed E-state index contributed by atoms with van der Waals surface area (Å²) < 4.78 is 0. The van der Waals surface area contributed by atoms with E-state index in [1.54, 1.807) is 18.2 Å². The molecule has 6 heteroatoms. The molecule has 2 N–H and O–H groups in total. The number of carbonyl (C=O) groups excluding carboxylic acids is 2. The number of rotatable bonds is 5. The fourth-order valence-electron chi connectivity index (χ4n) is 2.36. The average Bonchev–Trinajstić information content (AvgIpc) is 2.47. The lowest BCUT2D eigenvalue weighted by Gasteiger charge is -2.13. The molecule has 0 aromatic heterocycles. The summed E-state index contributed by atoms with van der Waals surface area (Å²) in [7, 11) is 0. The first-order valence-electron chi connectivity index (χ1n) is 7.53. The molecule has 2 rings (SSSR count). The van der Waals surface area contributed by atoms with E-state index in [1.807, 2.05) is 32.0 Å². The van der Waals surface area contributed by atoms with Gasteiger partial charge in [-0.15, -0.1) is 0 Å². The Balaban J connectivity index is 2.01. The lowest BCUT2D eigenvalue weighted by atomic mass is 10.1. The monoisotopic (exact) mass is 364 g/mol. The minimum atomic E-state index is -0.433. The maximum Gasteiger partial charge on any atom is 0.233 e. The first-order chi connectivity index (χ1) is 11.4. The van der Waals surface area contributed by atoms with Crippen LogP contribution in [0.4, 0.5) is 11.4 Å². The third-order valence-corrected chi connectivity index (χ3v) is 3.91. The zero-order valence-corrected chi connectivity index (χ0v) is 15.0. The van der Waals surface area contributed by atoms with Gasteiger partial charge >= 0.3 is 0 Å². The summed E-state index contributed by atoms with van der Waals surface area (Å²) in [6.45, 7) is 3.93. The van der Waals surface area contributed by atoms with Gasteiger partial charge < -0.3 is 10.6 Å². The number of amides is 2. The molecule has 0 atom stereocenters. The highest BCUT2D eigenvalue weighted by atomic mass is 35.5. The van der Waals surface area contributed by atoms with E-state index in [0.29, 0.717) is 15.7 Å². The summed E-state index contributed by atoms with van der Waals surface area (Å²) in [5.74, 6) is -0.804. The summed E-state index contributed by atoms with van der Waals surface area (Å²) >= 11 is 11.8. The van der Waals surface area contributed by atoms with Crippen molar-refractivity contribution in [2.24, 2.45) is 0 Å². The lowest BCUT2D eigenvalue weighted by Crippen LogP contribution is -2.22. The van der Waals surface area contributed by atoms with Gasteiger partial charge in [0.05, 0.1) is 0 Å². The summed E-state index contributed by atoms with van der Waals surface area (Å²) in [4.78, 5) is 24.2. The highest BCUT2D eigenvalue weighted by Gasteiger charge is 2.13. The topological polar surface area (TPSA) is 58.2 Å². The molecule has 0 aliphatic carbocycles. The van der Waals surface area contributed by atoms with E-state index in [9.17, 15) is 9.59 Å².